The molecule has 1 amide bonds. The second kappa shape index (κ2) is 5.98. The van der Waals surface area contributed by atoms with Gasteiger partial charge in [0.05, 0.1) is 4.90 Å². The highest BCUT2D eigenvalue weighted by atomic mass is 35.5. The zero-order valence-electron chi connectivity index (χ0n) is 12.6. The highest BCUT2D eigenvalue weighted by Crippen LogP contribution is 2.32. The summed E-state index contributed by atoms with van der Waals surface area (Å²) in [7, 11) is -3.80. The van der Waals surface area contributed by atoms with E-state index in [-0.39, 0.29) is 29.7 Å². The maximum atomic E-state index is 12.7. The molecule has 0 radical (unpaired) electrons. The van der Waals surface area contributed by atoms with Gasteiger partial charge in [0.2, 0.25) is 5.91 Å². The Labute approximate surface area is 140 Å². The molecule has 23 heavy (non-hydrogen) atoms. The number of carbonyl (C=O) groups is 1. The number of aryl methyl sites for hydroxylation is 1. The zero-order chi connectivity index (χ0) is 16.6. The average Bonchev–Trinajstić information content (AvgIpc) is 2.91. The van der Waals surface area contributed by atoms with Crippen molar-refractivity contribution in [2.45, 2.75) is 24.2 Å². The minimum absolute atomic E-state index is 0.139. The number of hydrogen-bond acceptors (Lipinski definition) is 3. The molecule has 0 saturated carbocycles. The Kier molecular flexibility index (Phi) is 4.17. The first kappa shape index (κ1) is 16.0. The molecule has 2 aromatic carbocycles. The molecule has 3 rings (SSSR count). The third-order valence-corrected chi connectivity index (χ3v) is 6.09. The Morgan fingerprint density at radius 3 is 2.26 bits per heavy atom. The van der Waals surface area contributed by atoms with Crippen LogP contribution in [0.1, 0.15) is 23.5 Å². The van der Waals surface area contributed by atoms with E-state index in [0.29, 0.717) is 5.02 Å². The van der Waals surface area contributed by atoms with E-state index < -0.39 is 10.0 Å². The van der Waals surface area contributed by atoms with Crippen LogP contribution in [-0.4, -0.2) is 25.2 Å². The van der Waals surface area contributed by atoms with Gasteiger partial charge in [0.1, 0.15) is 0 Å². The number of carbonyl (C=O) groups excluding carboxylic acids is 1. The molecular formula is C17H16ClNO3S. The Hall–Kier alpha value is -1.85. The van der Waals surface area contributed by atoms with Crippen LogP contribution in [0.4, 0.5) is 0 Å². The van der Waals surface area contributed by atoms with E-state index in [2.05, 4.69) is 0 Å². The van der Waals surface area contributed by atoms with Crippen molar-refractivity contribution in [1.29, 1.82) is 0 Å². The summed E-state index contributed by atoms with van der Waals surface area (Å²) in [6.45, 7) is 2.05. The summed E-state index contributed by atoms with van der Waals surface area (Å²) in [5.41, 5.74) is 1.89. The number of sulfonamides is 1. The molecule has 1 fully saturated rings. The molecule has 1 atom stereocenters. The maximum absolute atomic E-state index is 12.7. The highest BCUT2D eigenvalue weighted by molar-refractivity contribution is 7.89. The van der Waals surface area contributed by atoms with Crippen LogP contribution in [-0.2, 0) is 14.8 Å². The molecule has 1 unspecified atom stereocenters. The number of nitrogens with zero attached hydrogens (tertiary/aromatic N) is 1. The summed E-state index contributed by atoms with van der Waals surface area (Å²) in [4.78, 5) is 12.4. The second-order valence-corrected chi connectivity index (χ2v) is 7.99. The average molecular weight is 350 g/mol. The summed E-state index contributed by atoms with van der Waals surface area (Å²) in [6.07, 6.45) is 0.187. The number of hydrogen-bond donors (Lipinski definition) is 0. The molecule has 1 aliphatic heterocycles. The van der Waals surface area contributed by atoms with Crippen molar-refractivity contribution >= 4 is 27.5 Å². The summed E-state index contributed by atoms with van der Waals surface area (Å²) in [6, 6.07) is 13.7. The molecule has 120 valence electrons. The van der Waals surface area contributed by atoms with Crippen LogP contribution in [0, 0.1) is 6.92 Å². The fourth-order valence-corrected chi connectivity index (χ4v) is 4.29. The SMILES string of the molecule is Cc1ccc(S(=O)(=O)N2CC(c3ccc(Cl)cc3)CC2=O)cc1. The highest BCUT2D eigenvalue weighted by Gasteiger charge is 2.38. The Balaban J connectivity index is 1.87. The Morgan fingerprint density at radius 2 is 1.65 bits per heavy atom. The van der Waals surface area contributed by atoms with Crippen LogP contribution in [0.3, 0.4) is 0 Å². The lowest BCUT2D eigenvalue weighted by molar-refractivity contribution is -0.123. The second-order valence-electron chi connectivity index (χ2n) is 5.70. The molecular weight excluding hydrogens is 334 g/mol. The van der Waals surface area contributed by atoms with E-state index in [9.17, 15) is 13.2 Å². The Bertz CT molecular complexity index is 829. The molecule has 2 aromatic rings. The van der Waals surface area contributed by atoms with Gasteiger partial charge in [-0.25, -0.2) is 12.7 Å². The van der Waals surface area contributed by atoms with E-state index in [1.165, 1.54) is 12.1 Å². The van der Waals surface area contributed by atoms with Crippen molar-refractivity contribution in [2.24, 2.45) is 0 Å². The smallest absolute Gasteiger partial charge is 0.266 e. The molecule has 0 N–H and O–H groups in total. The fourth-order valence-electron chi connectivity index (χ4n) is 2.71. The first-order chi connectivity index (χ1) is 10.9. The molecule has 1 aliphatic rings. The van der Waals surface area contributed by atoms with Crippen molar-refractivity contribution in [3.05, 3.63) is 64.7 Å². The molecule has 6 heteroatoms. The van der Waals surface area contributed by atoms with Gasteiger partial charge in [-0.05, 0) is 36.8 Å². The first-order valence-corrected chi connectivity index (χ1v) is 9.07. The molecule has 4 nitrogen and oxygen atoms in total. The van der Waals surface area contributed by atoms with Crippen molar-refractivity contribution < 1.29 is 13.2 Å². The van der Waals surface area contributed by atoms with Gasteiger partial charge in [0, 0.05) is 23.9 Å². The summed E-state index contributed by atoms with van der Waals surface area (Å²) >= 11 is 5.87. The van der Waals surface area contributed by atoms with E-state index in [0.717, 1.165) is 15.4 Å². The summed E-state index contributed by atoms with van der Waals surface area (Å²) < 4.78 is 26.3. The van der Waals surface area contributed by atoms with Crippen molar-refractivity contribution in [3.63, 3.8) is 0 Å². The summed E-state index contributed by atoms with van der Waals surface area (Å²) in [5, 5.41) is 0.613. The van der Waals surface area contributed by atoms with Crippen LogP contribution < -0.4 is 0 Å². The lowest BCUT2D eigenvalue weighted by atomic mass is 9.99. The lowest BCUT2D eigenvalue weighted by Gasteiger charge is -2.17. The minimum Gasteiger partial charge on any atom is -0.274 e. The molecule has 0 aliphatic carbocycles. The molecule has 0 aromatic heterocycles. The number of rotatable bonds is 3. The summed E-state index contributed by atoms with van der Waals surface area (Å²) in [5.74, 6) is -0.509. The van der Waals surface area contributed by atoms with E-state index >= 15 is 0 Å². The molecule has 1 heterocycles. The number of halogens is 1. The van der Waals surface area contributed by atoms with Gasteiger partial charge in [-0.3, -0.25) is 4.79 Å². The fraction of sp³-hybridized carbons (Fsp3) is 0.235. The van der Waals surface area contributed by atoms with Crippen molar-refractivity contribution in [2.75, 3.05) is 6.54 Å². The van der Waals surface area contributed by atoms with Crippen LogP contribution in [0.15, 0.2) is 53.4 Å². The molecule has 0 spiro atoms. The standard InChI is InChI=1S/C17H16ClNO3S/c1-12-2-8-16(9-3-12)23(21,22)19-11-14(10-17(19)20)13-4-6-15(18)7-5-13/h2-9,14H,10-11H2,1H3. The topological polar surface area (TPSA) is 54.5 Å². The minimum atomic E-state index is -3.80. The number of benzene rings is 2. The third kappa shape index (κ3) is 3.12. The predicted octanol–water partition coefficient (Wildman–Crippen LogP) is 3.35. The normalized spacial score (nSPS) is 18.4. The quantitative estimate of drug-likeness (QED) is 0.853. The van der Waals surface area contributed by atoms with Gasteiger partial charge in [0.15, 0.2) is 0 Å². The zero-order valence-corrected chi connectivity index (χ0v) is 14.1. The predicted molar refractivity (Wildman–Crippen MR) is 88.9 cm³/mol. The van der Waals surface area contributed by atoms with Crippen LogP contribution in [0.25, 0.3) is 0 Å². The molecule has 0 bridgehead atoms. The van der Waals surface area contributed by atoms with Gasteiger partial charge in [-0.2, -0.15) is 0 Å². The first-order valence-electron chi connectivity index (χ1n) is 7.25. The molecule has 1 saturated heterocycles. The van der Waals surface area contributed by atoms with Crippen LogP contribution in [0.5, 0.6) is 0 Å². The van der Waals surface area contributed by atoms with Crippen molar-refractivity contribution in [3.8, 4) is 0 Å². The Morgan fingerprint density at radius 1 is 1.04 bits per heavy atom. The lowest BCUT2D eigenvalue weighted by Crippen LogP contribution is -2.32. The third-order valence-electron chi connectivity index (χ3n) is 4.04. The van der Waals surface area contributed by atoms with E-state index in [1.807, 2.05) is 19.1 Å². The van der Waals surface area contributed by atoms with E-state index in [4.69, 9.17) is 11.6 Å². The monoisotopic (exact) mass is 349 g/mol. The largest absolute Gasteiger partial charge is 0.274 e. The van der Waals surface area contributed by atoms with Crippen molar-refractivity contribution in [1.82, 2.24) is 4.31 Å². The van der Waals surface area contributed by atoms with Crippen LogP contribution in [0.2, 0.25) is 5.02 Å². The van der Waals surface area contributed by atoms with Gasteiger partial charge >= 0.3 is 0 Å². The van der Waals surface area contributed by atoms with Gasteiger partial charge in [-0.15, -0.1) is 0 Å². The van der Waals surface area contributed by atoms with Gasteiger partial charge in [-0.1, -0.05) is 41.4 Å². The van der Waals surface area contributed by atoms with Gasteiger partial charge in [0.25, 0.3) is 10.0 Å². The maximum Gasteiger partial charge on any atom is 0.266 e. The van der Waals surface area contributed by atoms with Crippen LogP contribution >= 0.6 is 11.6 Å². The van der Waals surface area contributed by atoms with Gasteiger partial charge < -0.3 is 0 Å². The number of amides is 1. The van der Waals surface area contributed by atoms with E-state index in [1.54, 1.807) is 24.3 Å².